The Balaban J connectivity index is 2.39. The third kappa shape index (κ3) is 2.11. The largest absolute Gasteiger partial charge is 0.369 e. The van der Waals surface area contributed by atoms with Crippen LogP contribution in [-0.2, 0) is 0 Å². The maximum atomic E-state index is 9.15. The molecule has 6 heteroatoms. The van der Waals surface area contributed by atoms with Gasteiger partial charge in [0.15, 0.2) is 0 Å². The third-order valence-corrected chi connectivity index (χ3v) is 4.01. The number of anilines is 1. The Morgan fingerprint density at radius 3 is 2.71 bits per heavy atom. The SMILES string of the molecule is Cc1cc(Cl)c(-n2c(N)nc3c(C#N)cccc32)cc1Cl. The Hall–Kier alpha value is -2.22. The fourth-order valence-electron chi connectivity index (χ4n) is 2.27. The number of nitrogens with two attached hydrogens (primary N) is 1. The summed E-state index contributed by atoms with van der Waals surface area (Å²) < 4.78 is 1.70. The third-order valence-electron chi connectivity index (χ3n) is 3.30. The Labute approximate surface area is 131 Å². The van der Waals surface area contributed by atoms with Crippen LogP contribution in [0, 0.1) is 18.3 Å². The summed E-state index contributed by atoms with van der Waals surface area (Å²) >= 11 is 12.5. The average Bonchev–Trinajstić information content (AvgIpc) is 2.79. The van der Waals surface area contributed by atoms with Gasteiger partial charge in [0.05, 0.1) is 21.8 Å². The van der Waals surface area contributed by atoms with Crippen LogP contribution < -0.4 is 5.73 Å². The van der Waals surface area contributed by atoms with E-state index < -0.39 is 0 Å². The number of nitrogen functional groups attached to an aromatic ring is 1. The zero-order valence-electron chi connectivity index (χ0n) is 11.1. The minimum absolute atomic E-state index is 0.259. The summed E-state index contributed by atoms with van der Waals surface area (Å²) in [5.41, 5.74) is 9.26. The molecule has 0 saturated heterocycles. The van der Waals surface area contributed by atoms with Crippen molar-refractivity contribution in [2.24, 2.45) is 0 Å². The van der Waals surface area contributed by atoms with E-state index >= 15 is 0 Å². The quantitative estimate of drug-likeness (QED) is 0.735. The van der Waals surface area contributed by atoms with Crippen LogP contribution in [0.1, 0.15) is 11.1 Å². The first-order valence-electron chi connectivity index (χ1n) is 6.16. The maximum absolute atomic E-state index is 9.15. The highest BCUT2D eigenvalue weighted by Gasteiger charge is 2.16. The van der Waals surface area contributed by atoms with E-state index in [1.54, 1.807) is 28.8 Å². The average molecular weight is 317 g/mol. The van der Waals surface area contributed by atoms with Gasteiger partial charge in [-0.05, 0) is 36.8 Å². The molecule has 1 heterocycles. The van der Waals surface area contributed by atoms with Crippen LogP contribution in [-0.4, -0.2) is 9.55 Å². The minimum atomic E-state index is 0.259. The maximum Gasteiger partial charge on any atom is 0.206 e. The molecule has 0 fully saturated rings. The van der Waals surface area contributed by atoms with Gasteiger partial charge in [-0.3, -0.25) is 4.57 Å². The van der Waals surface area contributed by atoms with Crippen molar-refractivity contribution in [2.45, 2.75) is 6.92 Å². The van der Waals surface area contributed by atoms with Gasteiger partial charge in [0.2, 0.25) is 5.95 Å². The minimum Gasteiger partial charge on any atom is -0.369 e. The lowest BCUT2D eigenvalue weighted by molar-refractivity contribution is 1.11. The summed E-state index contributed by atoms with van der Waals surface area (Å²) in [6.07, 6.45) is 0. The van der Waals surface area contributed by atoms with E-state index in [0.29, 0.717) is 32.3 Å². The highest BCUT2D eigenvalue weighted by molar-refractivity contribution is 6.35. The van der Waals surface area contributed by atoms with Crippen molar-refractivity contribution < 1.29 is 0 Å². The monoisotopic (exact) mass is 316 g/mol. The molecule has 2 N–H and O–H groups in total. The lowest BCUT2D eigenvalue weighted by atomic mass is 10.2. The van der Waals surface area contributed by atoms with Gasteiger partial charge in [0.25, 0.3) is 0 Å². The number of aromatic nitrogens is 2. The first-order valence-corrected chi connectivity index (χ1v) is 6.91. The Morgan fingerprint density at radius 1 is 1.24 bits per heavy atom. The molecule has 0 atom stereocenters. The van der Waals surface area contributed by atoms with Crippen molar-refractivity contribution in [3.8, 4) is 11.8 Å². The van der Waals surface area contributed by atoms with E-state index in [1.807, 2.05) is 13.0 Å². The number of halogens is 2. The number of hydrogen-bond acceptors (Lipinski definition) is 3. The molecular weight excluding hydrogens is 307 g/mol. The molecule has 0 bridgehead atoms. The standard InChI is InChI=1S/C15H10Cl2N4/c1-8-5-11(17)13(6-10(8)16)21-12-4-2-3-9(7-18)14(12)20-15(21)19/h2-6H,1H3,(H2,19,20). The molecule has 3 aromatic rings. The fraction of sp³-hybridized carbons (Fsp3) is 0.0667. The van der Waals surface area contributed by atoms with Gasteiger partial charge >= 0.3 is 0 Å². The van der Waals surface area contributed by atoms with E-state index in [-0.39, 0.29) is 5.95 Å². The predicted molar refractivity (Wildman–Crippen MR) is 85.0 cm³/mol. The van der Waals surface area contributed by atoms with Gasteiger partial charge in [0.1, 0.15) is 11.6 Å². The number of nitriles is 1. The molecule has 0 amide bonds. The van der Waals surface area contributed by atoms with Crippen molar-refractivity contribution in [1.29, 1.82) is 5.26 Å². The summed E-state index contributed by atoms with van der Waals surface area (Å²) in [7, 11) is 0. The van der Waals surface area contributed by atoms with Crippen molar-refractivity contribution >= 4 is 40.2 Å². The van der Waals surface area contributed by atoms with Crippen molar-refractivity contribution in [3.63, 3.8) is 0 Å². The molecule has 0 aliphatic carbocycles. The second-order valence-corrected chi connectivity index (χ2v) is 5.46. The summed E-state index contributed by atoms with van der Waals surface area (Å²) in [5, 5.41) is 10.3. The Kier molecular flexibility index (Phi) is 3.25. The van der Waals surface area contributed by atoms with Gasteiger partial charge < -0.3 is 5.73 Å². The van der Waals surface area contributed by atoms with Crippen LogP contribution in [0.3, 0.4) is 0 Å². The van der Waals surface area contributed by atoms with Crippen LogP contribution in [0.5, 0.6) is 0 Å². The molecule has 21 heavy (non-hydrogen) atoms. The van der Waals surface area contributed by atoms with Crippen molar-refractivity contribution in [3.05, 3.63) is 51.5 Å². The molecule has 104 valence electrons. The molecule has 0 radical (unpaired) electrons. The number of para-hydroxylation sites is 1. The van der Waals surface area contributed by atoms with Gasteiger partial charge in [0, 0.05) is 5.02 Å². The molecule has 0 spiro atoms. The van der Waals surface area contributed by atoms with E-state index in [2.05, 4.69) is 11.1 Å². The molecule has 0 aliphatic heterocycles. The van der Waals surface area contributed by atoms with Crippen LogP contribution >= 0.6 is 23.2 Å². The van der Waals surface area contributed by atoms with Crippen LogP contribution in [0.4, 0.5) is 5.95 Å². The lowest BCUT2D eigenvalue weighted by Gasteiger charge is -2.11. The molecule has 4 nitrogen and oxygen atoms in total. The van der Waals surface area contributed by atoms with E-state index in [0.717, 1.165) is 5.56 Å². The van der Waals surface area contributed by atoms with E-state index in [9.17, 15) is 0 Å². The molecule has 2 aromatic carbocycles. The highest BCUT2D eigenvalue weighted by atomic mass is 35.5. The van der Waals surface area contributed by atoms with E-state index in [1.165, 1.54) is 0 Å². The number of hydrogen-bond donors (Lipinski definition) is 1. The topological polar surface area (TPSA) is 67.6 Å². The number of aryl methyl sites for hydroxylation is 1. The molecule has 0 aliphatic rings. The summed E-state index contributed by atoms with van der Waals surface area (Å²) in [6.45, 7) is 1.88. The van der Waals surface area contributed by atoms with Gasteiger partial charge in [-0.15, -0.1) is 0 Å². The number of rotatable bonds is 1. The summed E-state index contributed by atoms with van der Waals surface area (Å²) in [6, 6.07) is 10.9. The van der Waals surface area contributed by atoms with Crippen LogP contribution in [0.2, 0.25) is 10.0 Å². The lowest BCUT2D eigenvalue weighted by Crippen LogP contribution is -2.01. The van der Waals surface area contributed by atoms with Crippen molar-refractivity contribution in [1.82, 2.24) is 9.55 Å². The van der Waals surface area contributed by atoms with Gasteiger partial charge in [-0.1, -0.05) is 29.3 Å². The van der Waals surface area contributed by atoms with E-state index in [4.69, 9.17) is 34.2 Å². The number of benzene rings is 2. The van der Waals surface area contributed by atoms with Gasteiger partial charge in [-0.2, -0.15) is 5.26 Å². The predicted octanol–water partition coefficient (Wildman–Crippen LogP) is 4.09. The molecule has 0 saturated carbocycles. The highest BCUT2D eigenvalue weighted by Crippen LogP contribution is 2.32. The zero-order valence-corrected chi connectivity index (χ0v) is 12.6. The molecule has 1 aromatic heterocycles. The number of nitrogens with zero attached hydrogens (tertiary/aromatic N) is 3. The Bertz CT molecular complexity index is 906. The second kappa shape index (κ2) is 4.96. The van der Waals surface area contributed by atoms with Crippen LogP contribution in [0.15, 0.2) is 30.3 Å². The first-order chi connectivity index (χ1) is 10.0. The Morgan fingerprint density at radius 2 is 2.00 bits per heavy atom. The fourth-order valence-corrected chi connectivity index (χ4v) is 2.73. The second-order valence-electron chi connectivity index (χ2n) is 4.64. The number of fused-ring (bicyclic) bond motifs is 1. The molecule has 0 unspecified atom stereocenters. The molecular formula is C15H10Cl2N4. The van der Waals surface area contributed by atoms with Crippen LogP contribution in [0.25, 0.3) is 16.7 Å². The zero-order chi connectivity index (χ0) is 15.1. The first kappa shape index (κ1) is 13.7. The summed E-state index contributed by atoms with van der Waals surface area (Å²) in [4.78, 5) is 4.27. The normalized spacial score (nSPS) is 10.8. The smallest absolute Gasteiger partial charge is 0.206 e. The summed E-state index contributed by atoms with van der Waals surface area (Å²) in [5.74, 6) is 0.259. The molecule has 3 rings (SSSR count). The van der Waals surface area contributed by atoms with Gasteiger partial charge in [-0.25, -0.2) is 4.98 Å². The number of imidazole rings is 1. The van der Waals surface area contributed by atoms with Crippen molar-refractivity contribution in [2.75, 3.05) is 5.73 Å².